The fourth-order valence-corrected chi connectivity index (χ4v) is 10.1. The summed E-state index contributed by atoms with van der Waals surface area (Å²) < 4.78 is 5.08. The molecule has 3 heterocycles. The van der Waals surface area contributed by atoms with Crippen LogP contribution in [0.2, 0.25) is 0 Å². The van der Waals surface area contributed by atoms with Crippen molar-refractivity contribution in [2.75, 3.05) is 0 Å². The average Bonchev–Trinajstić information content (AvgIpc) is 3.85. The fraction of sp³-hybridized carbons (Fsp3) is 0. The first-order chi connectivity index (χ1) is 27.7. The van der Waals surface area contributed by atoms with Crippen molar-refractivity contribution in [3.05, 3.63) is 188 Å². The SMILES string of the molecule is c1ccc(-c2ccc(-c3nc(-c4ccc(-c5cccc6c5sc5ccc(-c7ccccc7)cc56)cc4)nc(-c4ccc5c(c4)sc4ccccc45)n3)cc2)cc1. The predicted octanol–water partition coefficient (Wildman–Crippen LogP) is 14.6. The van der Waals surface area contributed by atoms with Crippen molar-refractivity contribution in [3.63, 3.8) is 0 Å². The van der Waals surface area contributed by atoms with Crippen molar-refractivity contribution in [3.8, 4) is 67.5 Å². The van der Waals surface area contributed by atoms with Gasteiger partial charge >= 0.3 is 0 Å². The third-order valence-corrected chi connectivity index (χ3v) is 12.9. The number of thiophene rings is 2. The van der Waals surface area contributed by atoms with E-state index >= 15 is 0 Å². The highest BCUT2D eigenvalue weighted by atomic mass is 32.1. The average molecular weight is 750 g/mol. The van der Waals surface area contributed by atoms with Gasteiger partial charge in [-0.05, 0) is 57.6 Å². The highest BCUT2D eigenvalue weighted by Crippen LogP contribution is 2.42. The molecule has 3 nitrogen and oxygen atoms in total. The molecule has 3 aromatic heterocycles. The summed E-state index contributed by atoms with van der Waals surface area (Å²) >= 11 is 3.66. The van der Waals surface area contributed by atoms with E-state index in [0.717, 1.165) is 27.8 Å². The largest absolute Gasteiger partial charge is 0.208 e. The topological polar surface area (TPSA) is 38.7 Å². The van der Waals surface area contributed by atoms with Gasteiger partial charge in [-0.15, -0.1) is 22.7 Å². The molecular weight excluding hydrogens is 719 g/mol. The Morgan fingerprint density at radius 2 is 0.768 bits per heavy atom. The van der Waals surface area contributed by atoms with Gasteiger partial charge in [-0.1, -0.05) is 164 Å². The molecule has 0 aliphatic heterocycles. The van der Waals surface area contributed by atoms with E-state index in [0.29, 0.717) is 17.5 Å². The third kappa shape index (κ3) is 5.77. The van der Waals surface area contributed by atoms with Crippen LogP contribution in [-0.4, -0.2) is 15.0 Å². The molecule has 0 saturated heterocycles. The van der Waals surface area contributed by atoms with Gasteiger partial charge in [-0.2, -0.15) is 0 Å². The van der Waals surface area contributed by atoms with Crippen LogP contribution in [0.5, 0.6) is 0 Å². The molecule has 0 bridgehead atoms. The molecule has 0 atom stereocenters. The van der Waals surface area contributed by atoms with Gasteiger partial charge in [0.15, 0.2) is 17.5 Å². The number of aromatic nitrogens is 3. The normalized spacial score (nSPS) is 11.6. The fourth-order valence-electron chi connectivity index (χ4n) is 7.71. The molecule has 0 amide bonds. The zero-order valence-corrected chi connectivity index (χ0v) is 31.7. The molecule has 56 heavy (non-hydrogen) atoms. The summed E-state index contributed by atoms with van der Waals surface area (Å²) in [6.07, 6.45) is 0. The Balaban J connectivity index is 0.997. The van der Waals surface area contributed by atoms with E-state index in [-0.39, 0.29) is 0 Å². The molecule has 0 aliphatic carbocycles. The molecule has 11 aromatic rings. The molecular formula is C51H31N3S2. The van der Waals surface area contributed by atoms with Crippen molar-refractivity contribution in [1.29, 1.82) is 0 Å². The molecule has 0 unspecified atom stereocenters. The number of fused-ring (bicyclic) bond motifs is 6. The van der Waals surface area contributed by atoms with Crippen LogP contribution < -0.4 is 0 Å². The molecule has 0 saturated carbocycles. The lowest BCUT2D eigenvalue weighted by atomic mass is 9.99. The van der Waals surface area contributed by atoms with Gasteiger partial charge in [0.2, 0.25) is 0 Å². The second-order valence-corrected chi connectivity index (χ2v) is 16.1. The molecule has 8 aromatic carbocycles. The maximum absolute atomic E-state index is 5.12. The van der Waals surface area contributed by atoms with Gasteiger partial charge in [0.25, 0.3) is 0 Å². The Bertz CT molecular complexity index is 3220. The van der Waals surface area contributed by atoms with Crippen molar-refractivity contribution < 1.29 is 0 Å². The number of benzene rings is 8. The number of nitrogens with zero attached hydrogens (tertiary/aromatic N) is 3. The zero-order chi connectivity index (χ0) is 37.0. The quantitative estimate of drug-likeness (QED) is 0.170. The zero-order valence-electron chi connectivity index (χ0n) is 30.1. The smallest absolute Gasteiger partial charge is 0.164 e. The van der Waals surface area contributed by atoms with E-state index in [4.69, 9.17) is 15.0 Å². The van der Waals surface area contributed by atoms with Crippen molar-refractivity contribution in [1.82, 2.24) is 15.0 Å². The van der Waals surface area contributed by atoms with E-state index in [1.807, 2.05) is 17.4 Å². The number of rotatable bonds is 6. The molecule has 0 aliphatic rings. The Morgan fingerprint density at radius 3 is 1.48 bits per heavy atom. The maximum atomic E-state index is 5.12. The lowest BCUT2D eigenvalue weighted by Crippen LogP contribution is -2.00. The van der Waals surface area contributed by atoms with E-state index in [2.05, 4.69) is 182 Å². The highest BCUT2D eigenvalue weighted by molar-refractivity contribution is 7.26. The van der Waals surface area contributed by atoms with Gasteiger partial charge in [-0.3, -0.25) is 0 Å². The first-order valence-electron chi connectivity index (χ1n) is 18.7. The summed E-state index contributed by atoms with van der Waals surface area (Å²) in [7, 11) is 0. The second kappa shape index (κ2) is 13.5. The van der Waals surface area contributed by atoms with Crippen molar-refractivity contribution in [2.45, 2.75) is 0 Å². The standard InChI is InChI=1S/C51H31N3S2/c1-3-10-32(11-4-1)34-18-22-36(23-19-34)49-52-50(54-51(53-49)39-26-28-42-41-14-7-8-17-45(41)55-47(42)31-39)37-24-20-35(21-25-37)40-15-9-16-43-44-30-38(33-12-5-2-6-13-33)27-29-46(44)56-48(40)43/h1-31H. The summed E-state index contributed by atoms with van der Waals surface area (Å²) in [5, 5.41) is 5.10. The molecule has 0 fully saturated rings. The van der Waals surface area contributed by atoms with Crippen LogP contribution in [-0.2, 0) is 0 Å². The Morgan fingerprint density at radius 1 is 0.268 bits per heavy atom. The minimum atomic E-state index is 0.647. The molecule has 0 radical (unpaired) electrons. The molecule has 0 N–H and O–H groups in total. The van der Waals surface area contributed by atoms with E-state index in [1.54, 1.807) is 11.3 Å². The van der Waals surface area contributed by atoms with Gasteiger partial charge in [-0.25, -0.2) is 15.0 Å². The Kier molecular flexibility index (Phi) is 7.87. The summed E-state index contributed by atoms with van der Waals surface area (Å²) in [6.45, 7) is 0. The van der Waals surface area contributed by atoms with Crippen LogP contribution in [0.15, 0.2) is 188 Å². The number of hydrogen-bond donors (Lipinski definition) is 0. The van der Waals surface area contributed by atoms with Crippen molar-refractivity contribution >= 4 is 63.0 Å². The van der Waals surface area contributed by atoms with Gasteiger partial charge < -0.3 is 0 Å². The van der Waals surface area contributed by atoms with Gasteiger partial charge in [0.05, 0.1) is 0 Å². The minimum absolute atomic E-state index is 0.647. The maximum Gasteiger partial charge on any atom is 0.164 e. The second-order valence-electron chi connectivity index (χ2n) is 14.0. The monoisotopic (exact) mass is 749 g/mol. The van der Waals surface area contributed by atoms with E-state index in [1.165, 1.54) is 62.6 Å². The van der Waals surface area contributed by atoms with Gasteiger partial charge in [0.1, 0.15) is 0 Å². The third-order valence-electron chi connectivity index (χ3n) is 10.6. The van der Waals surface area contributed by atoms with Crippen molar-refractivity contribution in [2.24, 2.45) is 0 Å². The lowest BCUT2D eigenvalue weighted by Gasteiger charge is -2.10. The molecule has 5 heteroatoms. The summed E-state index contributed by atoms with van der Waals surface area (Å²) in [6, 6.07) is 66.9. The molecule has 262 valence electrons. The molecule has 0 spiro atoms. The summed E-state index contributed by atoms with van der Waals surface area (Å²) in [5.41, 5.74) is 10.0. The van der Waals surface area contributed by atoms with Crippen LogP contribution in [0.25, 0.3) is 108 Å². The summed E-state index contributed by atoms with van der Waals surface area (Å²) in [5.74, 6) is 1.95. The first kappa shape index (κ1) is 32.6. The Hall–Kier alpha value is -6.79. The minimum Gasteiger partial charge on any atom is -0.208 e. The van der Waals surface area contributed by atoms with Crippen LogP contribution in [0, 0.1) is 0 Å². The van der Waals surface area contributed by atoms with Crippen LogP contribution in [0.1, 0.15) is 0 Å². The lowest BCUT2D eigenvalue weighted by molar-refractivity contribution is 1.07. The van der Waals surface area contributed by atoms with E-state index < -0.39 is 0 Å². The predicted molar refractivity (Wildman–Crippen MR) is 238 cm³/mol. The first-order valence-corrected chi connectivity index (χ1v) is 20.3. The van der Waals surface area contributed by atoms with Gasteiger partial charge in [0, 0.05) is 57.0 Å². The summed E-state index contributed by atoms with van der Waals surface area (Å²) in [4.78, 5) is 15.3. The van der Waals surface area contributed by atoms with Crippen LogP contribution >= 0.6 is 22.7 Å². The highest BCUT2D eigenvalue weighted by Gasteiger charge is 2.16. The number of hydrogen-bond acceptors (Lipinski definition) is 5. The Labute approximate surface area is 331 Å². The van der Waals surface area contributed by atoms with Crippen LogP contribution in [0.3, 0.4) is 0 Å². The van der Waals surface area contributed by atoms with E-state index in [9.17, 15) is 0 Å². The van der Waals surface area contributed by atoms with Crippen LogP contribution in [0.4, 0.5) is 0 Å². The molecule has 11 rings (SSSR count).